The van der Waals surface area contributed by atoms with Gasteiger partial charge in [0, 0.05) is 49.4 Å². The highest BCUT2D eigenvalue weighted by atomic mass is 19.1. The van der Waals surface area contributed by atoms with Crippen molar-refractivity contribution < 1.29 is 9.13 Å². The van der Waals surface area contributed by atoms with Crippen molar-refractivity contribution in [1.82, 2.24) is 30.1 Å². The summed E-state index contributed by atoms with van der Waals surface area (Å²) in [6, 6.07) is 15.2. The first-order valence-corrected chi connectivity index (χ1v) is 10.8. The molecule has 1 aliphatic rings. The van der Waals surface area contributed by atoms with Gasteiger partial charge in [-0.1, -0.05) is 30.3 Å². The van der Waals surface area contributed by atoms with E-state index in [1.165, 1.54) is 11.6 Å². The number of halogens is 1. The van der Waals surface area contributed by atoms with Crippen LogP contribution in [0.4, 0.5) is 4.39 Å². The molecule has 0 N–H and O–H groups in total. The zero-order valence-electron chi connectivity index (χ0n) is 18.2. The molecule has 0 aliphatic carbocycles. The lowest BCUT2D eigenvalue weighted by Crippen LogP contribution is -2.38. The lowest BCUT2D eigenvalue weighted by molar-refractivity contribution is 0.0979. The molecular weight excluding hydrogens is 407 g/mol. The number of hydrogen-bond acceptors (Lipinski definition) is 6. The maximum absolute atomic E-state index is 14.2. The topological polar surface area (TPSA) is 69.0 Å². The standard InChI is InChI=1S/C24H25FN6O/c1-16-14-22(20-8-5-9-21(25)23(20)26-16)32-18-10-12-31(13-11-18)15-17-6-3-4-7-19(17)24-27-28-29-30(24)2/h3-9,14,18H,10-13,15H2,1-2H3. The molecule has 8 heteroatoms. The number of hydrogen-bond donors (Lipinski definition) is 0. The molecule has 0 spiro atoms. The molecule has 164 valence electrons. The molecule has 0 unspecified atom stereocenters. The molecule has 0 bridgehead atoms. The van der Waals surface area contributed by atoms with Crippen LogP contribution in [0, 0.1) is 12.7 Å². The average molecular weight is 433 g/mol. The predicted molar refractivity (Wildman–Crippen MR) is 120 cm³/mol. The summed E-state index contributed by atoms with van der Waals surface area (Å²) < 4.78 is 22.2. The Labute approximate surface area is 185 Å². The van der Waals surface area contributed by atoms with Gasteiger partial charge >= 0.3 is 0 Å². The second kappa shape index (κ2) is 8.63. The lowest BCUT2D eigenvalue weighted by atomic mass is 10.0. The van der Waals surface area contributed by atoms with E-state index in [9.17, 15) is 4.39 Å². The van der Waals surface area contributed by atoms with E-state index in [-0.39, 0.29) is 11.9 Å². The number of aryl methyl sites for hydroxylation is 2. The summed E-state index contributed by atoms with van der Waals surface area (Å²) in [6.45, 7) is 4.54. The lowest BCUT2D eigenvalue weighted by Gasteiger charge is -2.32. The number of para-hydroxylation sites is 1. The van der Waals surface area contributed by atoms with Crippen molar-refractivity contribution in [3.63, 3.8) is 0 Å². The molecule has 0 atom stereocenters. The van der Waals surface area contributed by atoms with E-state index >= 15 is 0 Å². The smallest absolute Gasteiger partial charge is 0.182 e. The van der Waals surface area contributed by atoms with Gasteiger partial charge in [-0.15, -0.1) is 5.10 Å². The Morgan fingerprint density at radius 2 is 1.91 bits per heavy atom. The molecule has 5 rings (SSSR count). The number of aromatic nitrogens is 5. The largest absolute Gasteiger partial charge is 0.490 e. The van der Waals surface area contributed by atoms with Gasteiger partial charge in [0.1, 0.15) is 23.2 Å². The minimum atomic E-state index is -0.317. The molecule has 1 aliphatic heterocycles. The second-order valence-electron chi connectivity index (χ2n) is 8.27. The van der Waals surface area contributed by atoms with Gasteiger partial charge in [-0.25, -0.2) is 14.1 Å². The van der Waals surface area contributed by atoms with Crippen LogP contribution in [0.25, 0.3) is 22.3 Å². The molecule has 4 aromatic rings. The monoisotopic (exact) mass is 432 g/mol. The molecule has 0 saturated carbocycles. The second-order valence-corrected chi connectivity index (χ2v) is 8.27. The van der Waals surface area contributed by atoms with Crippen LogP contribution in [0.3, 0.4) is 0 Å². The van der Waals surface area contributed by atoms with Crippen LogP contribution in [0.1, 0.15) is 24.1 Å². The van der Waals surface area contributed by atoms with Crippen molar-refractivity contribution in [3.05, 3.63) is 65.6 Å². The number of pyridine rings is 1. The Morgan fingerprint density at radius 3 is 2.69 bits per heavy atom. The van der Waals surface area contributed by atoms with Crippen molar-refractivity contribution in [1.29, 1.82) is 0 Å². The van der Waals surface area contributed by atoms with Gasteiger partial charge in [-0.05, 0) is 47.9 Å². The van der Waals surface area contributed by atoms with E-state index in [0.29, 0.717) is 11.3 Å². The first-order chi connectivity index (χ1) is 15.6. The molecule has 7 nitrogen and oxygen atoms in total. The molecule has 0 radical (unpaired) electrons. The van der Waals surface area contributed by atoms with E-state index in [1.807, 2.05) is 32.2 Å². The van der Waals surface area contributed by atoms with E-state index in [4.69, 9.17) is 4.74 Å². The third kappa shape index (κ3) is 4.05. The minimum Gasteiger partial charge on any atom is -0.490 e. The van der Waals surface area contributed by atoms with Crippen LogP contribution in [-0.2, 0) is 13.6 Å². The van der Waals surface area contributed by atoms with Crippen LogP contribution in [-0.4, -0.2) is 49.3 Å². The van der Waals surface area contributed by atoms with Gasteiger partial charge in [-0.2, -0.15) is 0 Å². The highest BCUT2D eigenvalue weighted by Crippen LogP contribution is 2.30. The third-order valence-corrected chi connectivity index (χ3v) is 5.98. The first kappa shape index (κ1) is 20.5. The van der Waals surface area contributed by atoms with E-state index in [1.54, 1.807) is 10.7 Å². The summed E-state index contributed by atoms with van der Waals surface area (Å²) in [5, 5.41) is 12.6. The van der Waals surface area contributed by atoms with Crippen molar-refractivity contribution in [2.24, 2.45) is 7.05 Å². The number of nitrogens with zero attached hydrogens (tertiary/aromatic N) is 6. The molecule has 32 heavy (non-hydrogen) atoms. The van der Waals surface area contributed by atoms with Crippen LogP contribution in [0.15, 0.2) is 48.5 Å². The Balaban J connectivity index is 1.27. The first-order valence-electron chi connectivity index (χ1n) is 10.8. The molecular formula is C24H25FN6O. The van der Waals surface area contributed by atoms with E-state index in [2.05, 4.69) is 43.6 Å². The zero-order valence-corrected chi connectivity index (χ0v) is 18.2. The van der Waals surface area contributed by atoms with Crippen molar-refractivity contribution in [2.75, 3.05) is 13.1 Å². The number of piperidine rings is 1. The number of ether oxygens (including phenoxy) is 1. The minimum absolute atomic E-state index is 0.0951. The summed E-state index contributed by atoms with van der Waals surface area (Å²) in [7, 11) is 1.85. The fraction of sp³-hybridized carbons (Fsp3) is 0.333. The van der Waals surface area contributed by atoms with Crippen molar-refractivity contribution >= 4 is 10.9 Å². The third-order valence-electron chi connectivity index (χ3n) is 5.98. The Morgan fingerprint density at radius 1 is 1.09 bits per heavy atom. The molecule has 2 aromatic carbocycles. The number of benzene rings is 2. The number of tetrazole rings is 1. The normalized spacial score (nSPS) is 15.3. The van der Waals surface area contributed by atoms with Gasteiger partial charge in [0.2, 0.25) is 0 Å². The highest BCUT2D eigenvalue weighted by molar-refractivity contribution is 5.85. The van der Waals surface area contributed by atoms with Gasteiger partial charge in [0.15, 0.2) is 5.82 Å². The summed E-state index contributed by atoms with van der Waals surface area (Å²) in [5.41, 5.74) is 3.38. The number of fused-ring (bicyclic) bond motifs is 1. The molecule has 2 aromatic heterocycles. The van der Waals surface area contributed by atoms with Crippen LogP contribution >= 0.6 is 0 Å². The van der Waals surface area contributed by atoms with Gasteiger partial charge in [-0.3, -0.25) is 4.90 Å². The number of rotatable bonds is 5. The molecule has 1 fully saturated rings. The van der Waals surface area contributed by atoms with Gasteiger partial charge < -0.3 is 4.74 Å². The summed E-state index contributed by atoms with van der Waals surface area (Å²) in [5.74, 6) is 1.17. The van der Waals surface area contributed by atoms with Gasteiger partial charge in [0.25, 0.3) is 0 Å². The Bertz CT molecular complexity index is 1250. The summed E-state index contributed by atoms with van der Waals surface area (Å²) in [6.07, 6.45) is 1.91. The Hall–Kier alpha value is -3.39. The maximum Gasteiger partial charge on any atom is 0.182 e. The fourth-order valence-electron chi connectivity index (χ4n) is 4.34. The van der Waals surface area contributed by atoms with Crippen molar-refractivity contribution in [3.8, 4) is 17.1 Å². The Kier molecular flexibility index (Phi) is 5.53. The van der Waals surface area contributed by atoms with E-state index < -0.39 is 0 Å². The number of likely N-dealkylation sites (tertiary alicyclic amines) is 1. The predicted octanol–water partition coefficient (Wildman–Crippen LogP) is 3.92. The van der Waals surface area contributed by atoms with Crippen LogP contribution in [0.5, 0.6) is 5.75 Å². The molecule has 0 amide bonds. The van der Waals surface area contributed by atoms with Crippen molar-refractivity contribution in [2.45, 2.75) is 32.4 Å². The quantitative estimate of drug-likeness (QED) is 0.476. The summed E-state index contributed by atoms with van der Waals surface area (Å²) in [4.78, 5) is 6.77. The zero-order chi connectivity index (χ0) is 22.1. The molecule has 1 saturated heterocycles. The van der Waals surface area contributed by atoms with E-state index in [0.717, 1.165) is 54.9 Å². The highest BCUT2D eigenvalue weighted by Gasteiger charge is 2.23. The fourth-order valence-corrected chi connectivity index (χ4v) is 4.34. The summed E-state index contributed by atoms with van der Waals surface area (Å²) >= 11 is 0. The van der Waals surface area contributed by atoms with Gasteiger partial charge in [0.05, 0.1) is 0 Å². The average Bonchev–Trinajstić information content (AvgIpc) is 3.22. The van der Waals surface area contributed by atoms with Crippen LogP contribution < -0.4 is 4.74 Å². The SMILES string of the molecule is Cc1cc(OC2CCN(Cc3ccccc3-c3nnnn3C)CC2)c2cccc(F)c2n1. The van der Waals surface area contributed by atoms with Crippen LogP contribution in [0.2, 0.25) is 0 Å². The molecule has 3 heterocycles. The maximum atomic E-state index is 14.2.